The summed E-state index contributed by atoms with van der Waals surface area (Å²) < 4.78 is 5.14. The van der Waals surface area contributed by atoms with Crippen molar-refractivity contribution in [1.29, 1.82) is 0 Å². The van der Waals surface area contributed by atoms with Gasteiger partial charge in [-0.2, -0.15) is 0 Å². The molecule has 1 aromatic rings. The number of rotatable bonds is 2. The zero-order valence-electron chi connectivity index (χ0n) is 10.1. The Kier molecular flexibility index (Phi) is 3.99. The summed E-state index contributed by atoms with van der Waals surface area (Å²) in [7, 11) is 1.62. The van der Waals surface area contributed by atoms with Crippen LogP contribution in [0.15, 0.2) is 24.3 Å². The van der Waals surface area contributed by atoms with Gasteiger partial charge >= 0.3 is 0 Å². The number of amides is 1. The summed E-state index contributed by atoms with van der Waals surface area (Å²) in [6.45, 7) is 1.65. The Morgan fingerprint density at radius 1 is 1.56 bits per heavy atom. The minimum atomic E-state index is -0.00366. The van der Waals surface area contributed by atoms with E-state index in [2.05, 4.69) is 10.6 Å². The van der Waals surface area contributed by atoms with Gasteiger partial charge in [-0.25, -0.2) is 0 Å². The van der Waals surface area contributed by atoms with E-state index >= 15 is 0 Å². The first kappa shape index (κ1) is 12.6. The monoisotopic (exact) mass is 265 g/mol. The van der Waals surface area contributed by atoms with Gasteiger partial charge in [0, 0.05) is 24.8 Å². The van der Waals surface area contributed by atoms with Crippen LogP contribution in [0.3, 0.4) is 0 Å². The third kappa shape index (κ3) is 3.10. The molecule has 2 N–H and O–H groups in total. The van der Waals surface area contributed by atoms with Crippen LogP contribution in [-0.2, 0) is 4.79 Å². The van der Waals surface area contributed by atoms with Crippen molar-refractivity contribution in [2.24, 2.45) is 0 Å². The van der Waals surface area contributed by atoms with Gasteiger partial charge in [-0.15, -0.1) is 0 Å². The summed E-state index contributed by atoms with van der Waals surface area (Å²) >= 11 is 5.28. The van der Waals surface area contributed by atoms with Gasteiger partial charge in [0.05, 0.1) is 13.7 Å². The topological polar surface area (TPSA) is 53.6 Å². The molecule has 1 saturated heterocycles. The van der Waals surface area contributed by atoms with Crippen LogP contribution in [0.4, 0.5) is 5.69 Å². The number of ether oxygens (including phenoxy) is 1. The van der Waals surface area contributed by atoms with Crippen LogP contribution < -0.4 is 15.4 Å². The number of piperazine rings is 1. The molecule has 6 heteroatoms. The summed E-state index contributed by atoms with van der Waals surface area (Å²) in [5.41, 5.74) is 0.852. The standard InChI is InChI=1S/C12H15N3O2S/c1-17-10-4-2-3-9(7-10)14-12(18)15-6-5-13-11(16)8-15/h2-4,7H,5-6,8H2,1H3,(H,13,16)(H,14,18). The van der Waals surface area contributed by atoms with E-state index in [-0.39, 0.29) is 5.91 Å². The first-order valence-corrected chi connectivity index (χ1v) is 6.06. The quantitative estimate of drug-likeness (QED) is 0.776. The fraction of sp³-hybridized carbons (Fsp3) is 0.333. The fourth-order valence-electron chi connectivity index (χ4n) is 1.72. The number of carbonyl (C=O) groups is 1. The molecular weight excluding hydrogens is 250 g/mol. The number of benzene rings is 1. The van der Waals surface area contributed by atoms with Gasteiger partial charge in [0.25, 0.3) is 0 Å². The van der Waals surface area contributed by atoms with Crippen LogP contribution in [0.5, 0.6) is 5.75 Å². The highest BCUT2D eigenvalue weighted by Gasteiger charge is 2.18. The van der Waals surface area contributed by atoms with Crippen molar-refractivity contribution in [3.8, 4) is 5.75 Å². The summed E-state index contributed by atoms with van der Waals surface area (Å²) in [6, 6.07) is 7.50. The lowest BCUT2D eigenvalue weighted by Crippen LogP contribution is -2.51. The highest BCUT2D eigenvalue weighted by Crippen LogP contribution is 2.17. The van der Waals surface area contributed by atoms with Crippen LogP contribution in [0, 0.1) is 0 Å². The molecule has 1 heterocycles. The van der Waals surface area contributed by atoms with Gasteiger partial charge in [-0.3, -0.25) is 4.79 Å². The second-order valence-electron chi connectivity index (χ2n) is 3.93. The number of anilines is 1. The molecule has 0 aromatic heterocycles. The number of methoxy groups -OCH3 is 1. The van der Waals surface area contributed by atoms with Gasteiger partial charge in [-0.05, 0) is 24.4 Å². The van der Waals surface area contributed by atoms with E-state index < -0.39 is 0 Å². The second-order valence-corrected chi connectivity index (χ2v) is 4.32. The van der Waals surface area contributed by atoms with E-state index in [0.717, 1.165) is 18.0 Å². The lowest BCUT2D eigenvalue weighted by atomic mass is 10.3. The largest absolute Gasteiger partial charge is 0.497 e. The second kappa shape index (κ2) is 5.68. The molecule has 1 amide bonds. The number of nitrogens with one attached hydrogen (secondary N) is 2. The molecular formula is C12H15N3O2S. The third-order valence-electron chi connectivity index (χ3n) is 2.65. The third-order valence-corrected chi connectivity index (χ3v) is 3.01. The maximum Gasteiger partial charge on any atom is 0.239 e. The summed E-state index contributed by atoms with van der Waals surface area (Å²) in [4.78, 5) is 13.1. The average Bonchev–Trinajstić information content (AvgIpc) is 2.39. The molecule has 1 fully saturated rings. The van der Waals surface area contributed by atoms with Crippen molar-refractivity contribution >= 4 is 28.9 Å². The number of thiocarbonyl (C=S) groups is 1. The molecule has 0 saturated carbocycles. The highest BCUT2D eigenvalue weighted by atomic mass is 32.1. The first-order chi connectivity index (χ1) is 8.69. The number of carbonyl (C=O) groups excluding carboxylic acids is 1. The van der Waals surface area contributed by atoms with Crippen molar-refractivity contribution in [3.05, 3.63) is 24.3 Å². The zero-order valence-corrected chi connectivity index (χ0v) is 10.9. The molecule has 1 aromatic carbocycles. The Bertz CT molecular complexity index is 464. The molecule has 5 nitrogen and oxygen atoms in total. The molecule has 96 valence electrons. The predicted molar refractivity (Wildman–Crippen MR) is 73.8 cm³/mol. The molecule has 1 aliphatic rings. The summed E-state index contributed by atoms with van der Waals surface area (Å²) in [6.07, 6.45) is 0. The van der Waals surface area contributed by atoms with Crippen molar-refractivity contribution in [1.82, 2.24) is 10.2 Å². The van der Waals surface area contributed by atoms with Gasteiger partial charge in [0.2, 0.25) is 5.91 Å². The van der Waals surface area contributed by atoms with Gasteiger partial charge in [0.15, 0.2) is 5.11 Å². The van der Waals surface area contributed by atoms with Crippen molar-refractivity contribution in [2.75, 3.05) is 32.1 Å². The minimum Gasteiger partial charge on any atom is -0.497 e. The normalized spacial score (nSPS) is 14.9. The van der Waals surface area contributed by atoms with Gasteiger partial charge in [0.1, 0.15) is 5.75 Å². The molecule has 0 radical (unpaired) electrons. The van der Waals surface area contributed by atoms with Gasteiger partial charge in [-0.1, -0.05) is 6.07 Å². The SMILES string of the molecule is COc1cccc(NC(=S)N2CCNC(=O)C2)c1. The predicted octanol–water partition coefficient (Wildman–Crippen LogP) is 0.824. The van der Waals surface area contributed by atoms with Crippen molar-refractivity contribution in [2.45, 2.75) is 0 Å². The Hall–Kier alpha value is -1.82. The number of nitrogens with zero attached hydrogens (tertiary/aromatic N) is 1. The van der Waals surface area contributed by atoms with E-state index in [1.165, 1.54) is 0 Å². The molecule has 0 bridgehead atoms. The maximum absolute atomic E-state index is 11.3. The Balaban J connectivity index is 1.99. The Morgan fingerprint density at radius 2 is 2.39 bits per heavy atom. The molecule has 18 heavy (non-hydrogen) atoms. The van der Waals surface area contributed by atoms with Crippen LogP contribution in [0.1, 0.15) is 0 Å². The first-order valence-electron chi connectivity index (χ1n) is 5.66. The van der Waals surface area contributed by atoms with Crippen LogP contribution in [0.2, 0.25) is 0 Å². The molecule has 2 rings (SSSR count). The molecule has 0 unspecified atom stereocenters. The fourth-order valence-corrected chi connectivity index (χ4v) is 1.99. The summed E-state index contributed by atoms with van der Waals surface area (Å²) in [5, 5.41) is 6.42. The lowest BCUT2D eigenvalue weighted by molar-refractivity contribution is -0.122. The van der Waals surface area contributed by atoms with E-state index in [1.54, 1.807) is 7.11 Å². The smallest absolute Gasteiger partial charge is 0.239 e. The van der Waals surface area contributed by atoms with E-state index in [9.17, 15) is 4.79 Å². The Labute approximate surface area is 111 Å². The Morgan fingerprint density at radius 3 is 3.11 bits per heavy atom. The number of hydrogen-bond donors (Lipinski definition) is 2. The highest BCUT2D eigenvalue weighted by molar-refractivity contribution is 7.80. The van der Waals surface area contributed by atoms with Gasteiger partial charge < -0.3 is 20.3 Å². The molecule has 0 atom stereocenters. The van der Waals surface area contributed by atoms with Crippen molar-refractivity contribution < 1.29 is 9.53 Å². The zero-order chi connectivity index (χ0) is 13.0. The van der Waals surface area contributed by atoms with Crippen LogP contribution in [0.25, 0.3) is 0 Å². The summed E-state index contributed by atoms with van der Waals surface area (Å²) in [5.74, 6) is 0.759. The van der Waals surface area contributed by atoms with E-state index in [1.807, 2.05) is 29.2 Å². The molecule has 0 spiro atoms. The van der Waals surface area contributed by atoms with E-state index in [0.29, 0.717) is 18.2 Å². The maximum atomic E-state index is 11.3. The molecule has 1 aliphatic heterocycles. The van der Waals surface area contributed by atoms with E-state index in [4.69, 9.17) is 17.0 Å². The van der Waals surface area contributed by atoms with Crippen LogP contribution in [-0.4, -0.2) is 42.7 Å². The minimum absolute atomic E-state index is 0.00366. The molecule has 0 aliphatic carbocycles. The average molecular weight is 265 g/mol. The van der Waals surface area contributed by atoms with Crippen molar-refractivity contribution in [3.63, 3.8) is 0 Å². The lowest BCUT2D eigenvalue weighted by Gasteiger charge is -2.29. The van der Waals surface area contributed by atoms with Crippen LogP contribution >= 0.6 is 12.2 Å². The number of hydrogen-bond acceptors (Lipinski definition) is 3.